The van der Waals surface area contributed by atoms with Crippen molar-refractivity contribution in [1.29, 1.82) is 0 Å². The van der Waals surface area contributed by atoms with Crippen molar-refractivity contribution < 1.29 is 14.3 Å². The van der Waals surface area contributed by atoms with E-state index < -0.39 is 5.97 Å². The first-order valence-electron chi connectivity index (χ1n) is 10.7. The van der Waals surface area contributed by atoms with Crippen LogP contribution < -0.4 is 15.6 Å². The van der Waals surface area contributed by atoms with Crippen LogP contribution in [0.3, 0.4) is 0 Å². The lowest BCUT2D eigenvalue weighted by Crippen LogP contribution is -2.19. The smallest absolute Gasteiger partial charge is 0.337 e. The molecule has 2 aromatic carbocycles. The Kier molecular flexibility index (Phi) is 4.92. The third-order valence-corrected chi connectivity index (χ3v) is 6.15. The fourth-order valence-corrected chi connectivity index (χ4v) is 4.45. The third-order valence-electron chi connectivity index (χ3n) is 6.15. The summed E-state index contributed by atoms with van der Waals surface area (Å²) in [6, 6.07) is 11.8. The quantitative estimate of drug-likeness (QED) is 0.475. The van der Waals surface area contributed by atoms with Crippen LogP contribution in [0, 0.1) is 6.92 Å². The minimum Gasteiger partial charge on any atom is -0.478 e. The average Bonchev–Trinajstić information content (AvgIpc) is 3.36. The van der Waals surface area contributed by atoms with E-state index >= 15 is 0 Å². The van der Waals surface area contributed by atoms with Gasteiger partial charge in [0, 0.05) is 36.5 Å². The highest BCUT2D eigenvalue weighted by Gasteiger charge is 2.26. The number of anilines is 2. The summed E-state index contributed by atoms with van der Waals surface area (Å²) in [5.74, 6) is -0.497. The van der Waals surface area contributed by atoms with Crippen molar-refractivity contribution in [2.45, 2.75) is 33.0 Å². The summed E-state index contributed by atoms with van der Waals surface area (Å²) < 4.78 is 8.17. The second-order valence-corrected chi connectivity index (χ2v) is 8.49. The van der Waals surface area contributed by atoms with Crippen LogP contribution in [0.15, 0.2) is 57.9 Å². The van der Waals surface area contributed by atoms with Crippen LogP contribution in [0.2, 0.25) is 0 Å². The molecule has 0 aliphatic carbocycles. The van der Waals surface area contributed by atoms with E-state index in [9.17, 15) is 14.7 Å². The molecule has 1 aliphatic rings. The molecule has 3 heterocycles. The number of fused-ring (bicyclic) bond motifs is 2. The van der Waals surface area contributed by atoms with Gasteiger partial charge in [-0.25, -0.2) is 4.79 Å². The molecule has 0 radical (unpaired) electrons. The lowest BCUT2D eigenvalue weighted by molar-refractivity contribution is 0.0698. The summed E-state index contributed by atoms with van der Waals surface area (Å²) >= 11 is 0. The molecule has 33 heavy (non-hydrogen) atoms. The van der Waals surface area contributed by atoms with Crippen molar-refractivity contribution in [3.8, 4) is 0 Å². The second kappa shape index (κ2) is 7.81. The fourth-order valence-electron chi connectivity index (χ4n) is 4.45. The lowest BCUT2D eigenvalue weighted by atomic mass is 10.0. The SMILES string of the molecule is Cc1cc(C(C)Nc2ccccc2C(=O)O)c2oc(N3Cc4cnn(C)c4C3)cc(=O)c2c1. The van der Waals surface area contributed by atoms with Crippen LogP contribution in [0.4, 0.5) is 11.6 Å². The van der Waals surface area contributed by atoms with Gasteiger partial charge in [0.15, 0.2) is 5.43 Å². The number of aromatic carboxylic acids is 1. The molecule has 168 valence electrons. The van der Waals surface area contributed by atoms with Gasteiger partial charge in [0.25, 0.3) is 0 Å². The largest absolute Gasteiger partial charge is 0.478 e. The zero-order chi connectivity index (χ0) is 23.3. The highest BCUT2D eigenvalue weighted by molar-refractivity contribution is 5.94. The molecule has 0 bridgehead atoms. The first-order valence-corrected chi connectivity index (χ1v) is 10.7. The van der Waals surface area contributed by atoms with Gasteiger partial charge in [-0.15, -0.1) is 0 Å². The van der Waals surface area contributed by atoms with E-state index in [1.54, 1.807) is 30.3 Å². The topological polar surface area (TPSA) is 101 Å². The van der Waals surface area contributed by atoms with Crippen molar-refractivity contribution >= 4 is 28.5 Å². The summed E-state index contributed by atoms with van der Waals surface area (Å²) in [5.41, 5.74) is 5.03. The molecule has 8 heteroatoms. The normalized spacial score (nSPS) is 13.8. The zero-order valence-corrected chi connectivity index (χ0v) is 18.6. The Bertz CT molecular complexity index is 1450. The highest BCUT2D eigenvalue weighted by atomic mass is 16.4. The lowest BCUT2D eigenvalue weighted by Gasteiger charge is -2.21. The Morgan fingerprint density at radius 2 is 2.00 bits per heavy atom. The van der Waals surface area contributed by atoms with Gasteiger partial charge >= 0.3 is 5.97 Å². The molecule has 2 aromatic heterocycles. The molecule has 0 fully saturated rings. The number of aryl methyl sites for hydroxylation is 2. The van der Waals surface area contributed by atoms with Crippen molar-refractivity contribution in [2.24, 2.45) is 7.05 Å². The summed E-state index contributed by atoms with van der Waals surface area (Å²) in [6.45, 7) is 5.09. The van der Waals surface area contributed by atoms with E-state index in [0.717, 1.165) is 22.4 Å². The molecule has 1 atom stereocenters. The van der Waals surface area contributed by atoms with Crippen LogP contribution in [-0.2, 0) is 20.1 Å². The second-order valence-electron chi connectivity index (χ2n) is 8.49. The number of nitrogens with one attached hydrogen (secondary N) is 1. The molecule has 8 nitrogen and oxygen atoms in total. The minimum atomic E-state index is -1.00. The van der Waals surface area contributed by atoms with E-state index in [2.05, 4.69) is 10.4 Å². The molecule has 1 unspecified atom stereocenters. The van der Waals surface area contributed by atoms with Crippen LogP contribution in [-0.4, -0.2) is 20.9 Å². The van der Waals surface area contributed by atoms with Gasteiger partial charge in [0.05, 0.1) is 35.4 Å². The van der Waals surface area contributed by atoms with E-state index in [0.29, 0.717) is 35.6 Å². The zero-order valence-electron chi connectivity index (χ0n) is 18.6. The van der Waals surface area contributed by atoms with Crippen molar-refractivity contribution in [3.05, 3.63) is 86.8 Å². The van der Waals surface area contributed by atoms with Crippen molar-refractivity contribution in [1.82, 2.24) is 9.78 Å². The number of carboxylic acid groups (broad SMARTS) is 1. The van der Waals surface area contributed by atoms with Crippen LogP contribution >= 0.6 is 0 Å². The number of para-hydroxylation sites is 1. The highest BCUT2D eigenvalue weighted by Crippen LogP contribution is 2.33. The summed E-state index contributed by atoms with van der Waals surface area (Å²) in [4.78, 5) is 26.7. The number of rotatable bonds is 5. The number of hydrogen-bond acceptors (Lipinski definition) is 6. The number of nitrogens with zero attached hydrogens (tertiary/aromatic N) is 3. The predicted molar refractivity (Wildman–Crippen MR) is 126 cm³/mol. The molecule has 0 amide bonds. The first kappa shape index (κ1) is 20.8. The van der Waals surface area contributed by atoms with Gasteiger partial charge in [0.2, 0.25) is 5.88 Å². The fraction of sp³-hybridized carbons (Fsp3) is 0.240. The molecule has 2 N–H and O–H groups in total. The monoisotopic (exact) mass is 444 g/mol. The minimum absolute atomic E-state index is 0.108. The summed E-state index contributed by atoms with van der Waals surface area (Å²) in [6.07, 6.45) is 1.84. The molecular formula is C25H24N4O4. The summed E-state index contributed by atoms with van der Waals surface area (Å²) in [7, 11) is 1.90. The molecule has 0 spiro atoms. The van der Waals surface area contributed by atoms with Gasteiger partial charge in [-0.3, -0.25) is 9.48 Å². The van der Waals surface area contributed by atoms with E-state index in [1.165, 1.54) is 0 Å². The maximum atomic E-state index is 13.1. The van der Waals surface area contributed by atoms with E-state index in [-0.39, 0.29) is 17.0 Å². The van der Waals surface area contributed by atoms with Crippen molar-refractivity contribution in [3.63, 3.8) is 0 Å². The van der Waals surface area contributed by atoms with Crippen LogP contribution in [0.5, 0.6) is 0 Å². The molecule has 5 rings (SSSR count). The number of hydrogen-bond donors (Lipinski definition) is 2. The maximum Gasteiger partial charge on any atom is 0.337 e. The number of carboxylic acids is 1. The van der Waals surface area contributed by atoms with Gasteiger partial charge in [0.1, 0.15) is 5.58 Å². The van der Waals surface area contributed by atoms with E-state index in [4.69, 9.17) is 4.42 Å². The Balaban J connectivity index is 1.56. The van der Waals surface area contributed by atoms with Gasteiger partial charge < -0.3 is 19.7 Å². The standard InChI is InChI=1S/C25H24N4O4/c1-14-8-18(15(2)27-20-7-5-4-6-17(20)25(31)32)24-19(9-14)22(30)10-23(33-24)29-12-16-11-26-28(3)21(16)13-29/h4-11,15,27H,12-13H2,1-3H3,(H,31,32). The van der Waals surface area contributed by atoms with Gasteiger partial charge in [-0.2, -0.15) is 5.10 Å². The molecule has 0 saturated carbocycles. The Labute approximate surface area is 190 Å². The molecule has 4 aromatic rings. The maximum absolute atomic E-state index is 13.1. The van der Waals surface area contributed by atoms with Crippen molar-refractivity contribution in [2.75, 3.05) is 10.2 Å². The number of carbonyl (C=O) groups is 1. The Morgan fingerprint density at radius 3 is 2.76 bits per heavy atom. The van der Waals surface area contributed by atoms with Gasteiger partial charge in [-0.05, 0) is 37.6 Å². The predicted octanol–water partition coefficient (Wildman–Crippen LogP) is 4.23. The Morgan fingerprint density at radius 1 is 1.21 bits per heavy atom. The van der Waals surface area contributed by atoms with E-state index in [1.807, 2.05) is 48.8 Å². The average molecular weight is 444 g/mol. The Hall–Kier alpha value is -4.07. The first-order chi connectivity index (χ1) is 15.8. The molecule has 1 aliphatic heterocycles. The molecule has 0 saturated heterocycles. The number of benzene rings is 2. The van der Waals surface area contributed by atoms with Gasteiger partial charge in [-0.1, -0.05) is 18.2 Å². The number of aromatic nitrogens is 2. The third kappa shape index (κ3) is 3.63. The summed E-state index contributed by atoms with van der Waals surface area (Å²) in [5, 5.41) is 17.6. The van der Waals surface area contributed by atoms with Crippen LogP contribution in [0.1, 0.15) is 45.7 Å². The molecular weight excluding hydrogens is 420 g/mol. The van der Waals surface area contributed by atoms with Crippen LogP contribution in [0.25, 0.3) is 11.0 Å².